The summed E-state index contributed by atoms with van der Waals surface area (Å²) in [5, 5.41) is 12.0. The number of hydrogen-bond acceptors (Lipinski definition) is 4. The second kappa shape index (κ2) is 4.04. The quantitative estimate of drug-likeness (QED) is 0.728. The third-order valence-corrected chi connectivity index (χ3v) is 2.02. The Kier molecular flexibility index (Phi) is 3.02. The number of amides is 1. The van der Waals surface area contributed by atoms with Gasteiger partial charge >= 0.3 is 0 Å². The second-order valence-corrected chi connectivity index (χ2v) is 3.27. The van der Waals surface area contributed by atoms with Gasteiger partial charge in [-0.1, -0.05) is 11.6 Å². The molecule has 0 unspecified atom stereocenters. The molecule has 0 spiro atoms. The molecular formula is C6H4ClN3OS. The number of aromatic nitrogens is 1. The van der Waals surface area contributed by atoms with Gasteiger partial charge in [0, 0.05) is 5.38 Å². The number of rotatable bonds is 2. The van der Waals surface area contributed by atoms with Gasteiger partial charge in [0.1, 0.15) is 12.2 Å². The van der Waals surface area contributed by atoms with Gasteiger partial charge < -0.3 is 5.32 Å². The van der Waals surface area contributed by atoms with Gasteiger partial charge in [-0.25, -0.2) is 4.98 Å². The normalized spacial score (nSPS) is 9.00. The minimum atomic E-state index is -0.375. The number of nitriles is 1. The lowest BCUT2D eigenvalue weighted by molar-refractivity contribution is 0.0954. The first kappa shape index (κ1) is 8.97. The van der Waals surface area contributed by atoms with Crippen molar-refractivity contribution in [2.24, 2.45) is 0 Å². The lowest BCUT2D eigenvalue weighted by Gasteiger charge is -1.93. The summed E-state index contributed by atoms with van der Waals surface area (Å²) in [6, 6.07) is 1.79. The standard InChI is InChI=1S/C6H4ClN3OS/c7-6-10-4(3-12-6)5(11)9-2-1-8/h3H,2H2,(H,9,11). The van der Waals surface area contributed by atoms with Crippen molar-refractivity contribution in [1.29, 1.82) is 5.26 Å². The summed E-state index contributed by atoms with van der Waals surface area (Å²) in [5.41, 5.74) is 0.250. The highest BCUT2D eigenvalue weighted by atomic mass is 35.5. The molecule has 1 N–H and O–H groups in total. The van der Waals surface area contributed by atoms with Crippen LogP contribution in [0.1, 0.15) is 10.5 Å². The number of carbonyl (C=O) groups is 1. The average Bonchev–Trinajstić information content (AvgIpc) is 2.47. The zero-order valence-electron chi connectivity index (χ0n) is 5.87. The molecule has 6 heteroatoms. The van der Waals surface area contributed by atoms with Crippen LogP contribution < -0.4 is 5.32 Å². The van der Waals surface area contributed by atoms with Crippen molar-refractivity contribution in [1.82, 2.24) is 10.3 Å². The molecular weight excluding hydrogens is 198 g/mol. The molecule has 1 rings (SSSR count). The maximum Gasteiger partial charge on any atom is 0.271 e. The highest BCUT2D eigenvalue weighted by Crippen LogP contribution is 2.14. The summed E-state index contributed by atoms with van der Waals surface area (Å²) in [6.45, 7) is -0.0199. The van der Waals surface area contributed by atoms with Gasteiger partial charge in [-0.3, -0.25) is 4.79 Å². The fraction of sp³-hybridized carbons (Fsp3) is 0.167. The number of carbonyl (C=O) groups excluding carboxylic acids is 1. The van der Waals surface area contributed by atoms with Crippen molar-refractivity contribution in [3.05, 3.63) is 15.5 Å². The zero-order chi connectivity index (χ0) is 8.97. The second-order valence-electron chi connectivity index (χ2n) is 1.83. The van der Waals surface area contributed by atoms with Gasteiger partial charge in [-0.15, -0.1) is 11.3 Å². The first-order valence-corrected chi connectivity index (χ1v) is 4.26. The Morgan fingerprint density at radius 3 is 3.17 bits per heavy atom. The van der Waals surface area contributed by atoms with Gasteiger partial charge in [-0.2, -0.15) is 5.26 Å². The molecule has 0 bridgehead atoms. The Balaban J connectivity index is 2.61. The predicted molar refractivity (Wildman–Crippen MR) is 45.1 cm³/mol. The van der Waals surface area contributed by atoms with E-state index in [2.05, 4.69) is 10.3 Å². The molecule has 1 aromatic rings. The van der Waals surface area contributed by atoms with E-state index in [0.29, 0.717) is 4.47 Å². The van der Waals surface area contributed by atoms with Crippen molar-refractivity contribution < 1.29 is 4.79 Å². The molecule has 1 aromatic heterocycles. The van der Waals surface area contributed by atoms with Crippen LogP contribution in [0.4, 0.5) is 0 Å². The van der Waals surface area contributed by atoms with E-state index >= 15 is 0 Å². The van der Waals surface area contributed by atoms with E-state index in [9.17, 15) is 4.79 Å². The first-order valence-electron chi connectivity index (χ1n) is 3.00. The Labute approximate surface area is 77.8 Å². The van der Waals surface area contributed by atoms with E-state index in [4.69, 9.17) is 16.9 Å². The van der Waals surface area contributed by atoms with Crippen LogP contribution in [0.2, 0.25) is 4.47 Å². The average molecular weight is 202 g/mol. The summed E-state index contributed by atoms with van der Waals surface area (Å²) < 4.78 is 0.317. The maximum atomic E-state index is 11.0. The number of hydrogen-bond donors (Lipinski definition) is 1. The molecule has 0 aliphatic heterocycles. The third-order valence-electron chi connectivity index (χ3n) is 1.04. The summed E-state index contributed by atoms with van der Waals surface area (Å²) in [5.74, 6) is -0.375. The predicted octanol–water partition coefficient (Wildman–Crippen LogP) is 1.05. The fourth-order valence-corrected chi connectivity index (χ4v) is 1.31. The molecule has 4 nitrogen and oxygen atoms in total. The van der Waals surface area contributed by atoms with Crippen molar-refractivity contribution >= 4 is 28.8 Å². The Hall–Kier alpha value is -1.12. The van der Waals surface area contributed by atoms with Crippen LogP contribution in [0, 0.1) is 11.3 Å². The van der Waals surface area contributed by atoms with Crippen LogP contribution in [-0.2, 0) is 0 Å². The lowest BCUT2D eigenvalue weighted by Crippen LogP contribution is -2.23. The summed E-state index contributed by atoms with van der Waals surface area (Å²) in [7, 11) is 0. The van der Waals surface area contributed by atoms with Crippen LogP contribution in [0.25, 0.3) is 0 Å². The number of nitrogens with one attached hydrogen (secondary N) is 1. The molecule has 62 valence electrons. The Morgan fingerprint density at radius 2 is 2.67 bits per heavy atom. The minimum absolute atomic E-state index is 0.0199. The van der Waals surface area contributed by atoms with E-state index in [1.807, 2.05) is 0 Å². The van der Waals surface area contributed by atoms with Gasteiger partial charge in [0.05, 0.1) is 6.07 Å². The van der Waals surface area contributed by atoms with E-state index in [0.717, 1.165) is 0 Å². The molecule has 1 amide bonds. The molecule has 12 heavy (non-hydrogen) atoms. The highest BCUT2D eigenvalue weighted by molar-refractivity contribution is 7.14. The van der Waals surface area contributed by atoms with Gasteiger partial charge in [0.2, 0.25) is 0 Å². The van der Waals surface area contributed by atoms with Crippen LogP contribution in [-0.4, -0.2) is 17.4 Å². The first-order chi connectivity index (χ1) is 5.74. The topological polar surface area (TPSA) is 65.8 Å². The van der Waals surface area contributed by atoms with Crippen molar-refractivity contribution in [3.8, 4) is 6.07 Å². The molecule has 0 saturated heterocycles. The van der Waals surface area contributed by atoms with Crippen LogP contribution >= 0.6 is 22.9 Å². The van der Waals surface area contributed by atoms with Gasteiger partial charge in [-0.05, 0) is 0 Å². The number of thiazole rings is 1. The molecule has 0 saturated carbocycles. The lowest BCUT2D eigenvalue weighted by atomic mass is 10.4. The minimum Gasteiger partial charge on any atom is -0.338 e. The van der Waals surface area contributed by atoms with Crippen molar-refractivity contribution in [2.75, 3.05) is 6.54 Å². The van der Waals surface area contributed by atoms with Gasteiger partial charge in [0.15, 0.2) is 4.47 Å². The number of halogens is 1. The fourth-order valence-electron chi connectivity index (χ4n) is 0.567. The number of nitrogens with zero attached hydrogens (tertiary/aromatic N) is 2. The van der Waals surface area contributed by atoms with E-state index < -0.39 is 0 Å². The molecule has 0 aliphatic carbocycles. The molecule has 0 aliphatic rings. The molecule has 0 atom stereocenters. The molecule has 0 aromatic carbocycles. The highest BCUT2D eigenvalue weighted by Gasteiger charge is 2.07. The summed E-state index contributed by atoms with van der Waals surface area (Å²) in [6.07, 6.45) is 0. The Bertz CT molecular complexity index is 330. The third kappa shape index (κ3) is 2.19. The van der Waals surface area contributed by atoms with E-state index in [1.165, 1.54) is 16.7 Å². The molecule has 0 fully saturated rings. The van der Waals surface area contributed by atoms with Crippen LogP contribution in [0.5, 0.6) is 0 Å². The van der Waals surface area contributed by atoms with Gasteiger partial charge in [0.25, 0.3) is 5.91 Å². The Morgan fingerprint density at radius 1 is 1.92 bits per heavy atom. The largest absolute Gasteiger partial charge is 0.338 e. The molecule has 1 heterocycles. The van der Waals surface area contributed by atoms with Crippen LogP contribution in [0.3, 0.4) is 0 Å². The van der Waals surface area contributed by atoms with E-state index in [1.54, 1.807) is 6.07 Å². The molecule has 0 radical (unpaired) electrons. The monoisotopic (exact) mass is 201 g/mol. The van der Waals surface area contributed by atoms with Crippen molar-refractivity contribution in [2.45, 2.75) is 0 Å². The summed E-state index contributed by atoms with van der Waals surface area (Å²) in [4.78, 5) is 14.8. The van der Waals surface area contributed by atoms with Crippen LogP contribution in [0.15, 0.2) is 5.38 Å². The SMILES string of the molecule is N#CCNC(=O)c1csc(Cl)n1. The smallest absolute Gasteiger partial charge is 0.271 e. The van der Waals surface area contributed by atoms with Crippen molar-refractivity contribution in [3.63, 3.8) is 0 Å². The van der Waals surface area contributed by atoms with E-state index in [-0.39, 0.29) is 18.1 Å². The summed E-state index contributed by atoms with van der Waals surface area (Å²) >= 11 is 6.68. The zero-order valence-corrected chi connectivity index (χ0v) is 7.45. The maximum absolute atomic E-state index is 11.0.